The molecule has 1 aliphatic carbocycles. The standard InChI is InChI=1S/C26H30ClN7O2/c1-15(28-4)16-8-10-17(11-9-16)19-12-29-23-21(19)24(36-18-6-5-7-18)33-25(32-23)31-20-13-30-34(22(20)27)14-26(2,3)35/h8-13,18,28,35H,1,5-7,14H2,2-4H3,(H2,29,31,32,33). The molecular formula is C26H30ClN7O2. The molecule has 1 fully saturated rings. The number of rotatable bonds is 9. The van der Waals surface area contributed by atoms with Crippen LogP contribution in [0.25, 0.3) is 27.9 Å². The molecule has 10 heteroatoms. The first kappa shape index (κ1) is 24.1. The maximum absolute atomic E-state index is 10.1. The Bertz CT molecular complexity index is 1400. The van der Waals surface area contributed by atoms with E-state index in [0.29, 0.717) is 28.3 Å². The normalized spacial score (nSPS) is 14.0. The molecule has 3 aromatic heterocycles. The van der Waals surface area contributed by atoms with E-state index < -0.39 is 5.60 Å². The monoisotopic (exact) mass is 507 g/mol. The smallest absolute Gasteiger partial charge is 0.232 e. The average molecular weight is 508 g/mol. The maximum Gasteiger partial charge on any atom is 0.232 e. The highest BCUT2D eigenvalue weighted by Gasteiger charge is 2.24. The van der Waals surface area contributed by atoms with E-state index in [1.54, 1.807) is 20.0 Å². The lowest BCUT2D eigenvalue weighted by Crippen LogP contribution is -2.26. The minimum atomic E-state index is -0.953. The summed E-state index contributed by atoms with van der Waals surface area (Å²) < 4.78 is 7.86. The van der Waals surface area contributed by atoms with Crippen LogP contribution in [-0.2, 0) is 6.54 Å². The summed E-state index contributed by atoms with van der Waals surface area (Å²) in [5.74, 6) is 0.864. The molecule has 0 aliphatic heterocycles. The predicted octanol–water partition coefficient (Wildman–Crippen LogP) is 5.11. The zero-order valence-corrected chi connectivity index (χ0v) is 21.4. The van der Waals surface area contributed by atoms with E-state index in [1.807, 2.05) is 25.4 Å². The molecule has 188 valence electrons. The lowest BCUT2D eigenvalue weighted by atomic mass is 9.96. The molecule has 0 unspecified atom stereocenters. The van der Waals surface area contributed by atoms with Crippen LogP contribution in [0.5, 0.6) is 5.88 Å². The minimum absolute atomic E-state index is 0.137. The van der Waals surface area contributed by atoms with E-state index in [2.05, 4.69) is 44.4 Å². The summed E-state index contributed by atoms with van der Waals surface area (Å²) in [6.07, 6.45) is 6.81. The molecule has 9 nitrogen and oxygen atoms in total. The van der Waals surface area contributed by atoms with Gasteiger partial charge in [-0.15, -0.1) is 0 Å². The molecule has 3 heterocycles. The molecule has 1 aromatic carbocycles. The van der Waals surface area contributed by atoms with Crippen LogP contribution in [0.1, 0.15) is 38.7 Å². The Kier molecular flexibility index (Phi) is 6.36. The van der Waals surface area contributed by atoms with Crippen molar-refractivity contribution in [1.29, 1.82) is 0 Å². The summed E-state index contributed by atoms with van der Waals surface area (Å²) >= 11 is 6.51. The third kappa shape index (κ3) is 4.89. The molecule has 0 saturated heterocycles. The van der Waals surface area contributed by atoms with Gasteiger partial charge < -0.3 is 25.5 Å². The van der Waals surface area contributed by atoms with Crippen molar-refractivity contribution in [3.05, 3.63) is 54.0 Å². The lowest BCUT2D eigenvalue weighted by Gasteiger charge is -2.26. The van der Waals surface area contributed by atoms with Crippen LogP contribution in [0.3, 0.4) is 0 Å². The molecule has 0 amide bonds. The second-order valence-electron chi connectivity index (χ2n) is 9.70. The second kappa shape index (κ2) is 9.48. The molecule has 36 heavy (non-hydrogen) atoms. The Morgan fingerprint density at radius 2 is 2.03 bits per heavy atom. The van der Waals surface area contributed by atoms with Crippen molar-refractivity contribution < 1.29 is 9.84 Å². The van der Waals surface area contributed by atoms with Crippen LogP contribution in [0.2, 0.25) is 5.15 Å². The van der Waals surface area contributed by atoms with Gasteiger partial charge in [0.1, 0.15) is 11.8 Å². The van der Waals surface area contributed by atoms with Gasteiger partial charge in [-0.1, -0.05) is 42.4 Å². The second-order valence-corrected chi connectivity index (χ2v) is 10.1. The number of aromatic nitrogens is 5. The maximum atomic E-state index is 10.1. The summed E-state index contributed by atoms with van der Waals surface area (Å²) in [7, 11) is 1.86. The number of hydrogen-bond donors (Lipinski definition) is 4. The number of nitrogens with zero attached hydrogens (tertiary/aromatic N) is 4. The van der Waals surface area contributed by atoms with Crippen LogP contribution >= 0.6 is 11.6 Å². The van der Waals surface area contributed by atoms with Gasteiger partial charge in [0.2, 0.25) is 11.8 Å². The number of aliphatic hydroxyl groups is 1. The molecule has 0 atom stereocenters. The molecule has 1 aliphatic rings. The van der Waals surface area contributed by atoms with Gasteiger partial charge in [-0.2, -0.15) is 15.1 Å². The van der Waals surface area contributed by atoms with Gasteiger partial charge in [0, 0.05) is 24.5 Å². The third-order valence-corrected chi connectivity index (χ3v) is 6.63. The molecule has 5 rings (SSSR count). The van der Waals surface area contributed by atoms with Crippen molar-refractivity contribution in [2.75, 3.05) is 12.4 Å². The number of ether oxygens (including phenoxy) is 1. The average Bonchev–Trinajstić information content (AvgIpc) is 3.39. The lowest BCUT2D eigenvalue weighted by molar-refractivity contribution is 0.0578. The Morgan fingerprint density at radius 3 is 2.67 bits per heavy atom. The highest BCUT2D eigenvalue weighted by molar-refractivity contribution is 6.32. The van der Waals surface area contributed by atoms with E-state index in [4.69, 9.17) is 21.3 Å². The fourth-order valence-electron chi connectivity index (χ4n) is 4.06. The number of fused-ring (bicyclic) bond motifs is 1. The van der Waals surface area contributed by atoms with Gasteiger partial charge in [-0.25, -0.2) is 4.68 Å². The number of benzene rings is 1. The van der Waals surface area contributed by atoms with Gasteiger partial charge in [0.15, 0.2) is 5.15 Å². The summed E-state index contributed by atoms with van der Waals surface area (Å²) in [5.41, 5.74) is 4.11. The van der Waals surface area contributed by atoms with Crippen molar-refractivity contribution in [3.63, 3.8) is 0 Å². The fraction of sp³-hybridized carbons (Fsp3) is 0.346. The number of anilines is 2. The summed E-state index contributed by atoms with van der Waals surface area (Å²) in [5, 5.41) is 21.8. The van der Waals surface area contributed by atoms with E-state index in [-0.39, 0.29) is 12.6 Å². The minimum Gasteiger partial charge on any atom is -0.474 e. The van der Waals surface area contributed by atoms with Crippen LogP contribution in [0, 0.1) is 0 Å². The van der Waals surface area contributed by atoms with E-state index in [1.165, 1.54) is 4.68 Å². The van der Waals surface area contributed by atoms with Crippen molar-refractivity contribution in [2.45, 2.75) is 51.4 Å². The van der Waals surface area contributed by atoms with Crippen LogP contribution in [-0.4, -0.2) is 48.6 Å². The van der Waals surface area contributed by atoms with Gasteiger partial charge in [0.05, 0.1) is 29.4 Å². The van der Waals surface area contributed by atoms with Crippen LogP contribution in [0.15, 0.2) is 43.2 Å². The van der Waals surface area contributed by atoms with Crippen LogP contribution in [0.4, 0.5) is 11.6 Å². The number of H-pyrrole nitrogens is 1. The van der Waals surface area contributed by atoms with E-state index >= 15 is 0 Å². The topological polar surface area (TPSA) is 113 Å². The highest BCUT2D eigenvalue weighted by Crippen LogP contribution is 2.37. The Morgan fingerprint density at radius 1 is 1.28 bits per heavy atom. The van der Waals surface area contributed by atoms with Crippen LogP contribution < -0.4 is 15.4 Å². The fourth-order valence-corrected chi connectivity index (χ4v) is 4.26. The van der Waals surface area contributed by atoms with E-state index in [9.17, 15) is 5.11 Å². The number of halogens is 1. The molecule has 4 aromatic rings. The zero-order chi connectivity index (χ0) is 25.4. The Labute approximate surface area is 214 Å². The molecular weight excluding hydrogens is 478 g/mol. The first-order chi connectivity index (χ1) is 17.2. The Hall–Kier alpha value is -3.56. The highest BCUT2D eigenvalue weighted by atomic mass is 35.5. The van der Waals surface area contributed by atoms with Crippen molar-refractivity contribution >= 4 is 40.0 Å². The van der Waals surface area contributed by atoms with E-state index in [0.717, 1.165) is 47.0 Å². The summed E-state index contributed by atoms with van der Waals surface area (Å²) in [6, 6.07) is 8.17. The largest absolute Gasteiger partial charge is 0.474 e. The SMILES string of the molecule is C=C(NC)c1ccc(-c2c[nH]c3nc(Nc4cnn(CC(C)(C)O)c4Cl)nc(OC4CCC4)c23)cc1. The van der Waals surface area contributed by atoms with Gasteiger partial charge >= 0.3 is 0 Å². The molecule has 0 bridgehead atoms. The first-order valence-electron chi connectivity index (χ1n) is 12.0. The molecule has 0 radical (unpaired) electrons. The van der Waals surface area contributed by atoms with Crippen molar-refractivity contribution in [3.8, 4) is 17.0 Å². The van der Waals surface area contributed by atoms with Gasteiger partial charge in [-0.3, -0.25) is 0 Å². The molecule has 4 N–H and O–H groups in total. The number of nitrogens with one attached hydrogen (secondary N) is 3. The van der Waals surface area contributed by atoms with Gasteiger partial charge in [-0.05, 0) is 44.2 Å². The predicted molar refractivity (Wildman–Crippen MR) is 143 cm³/mol. The van der Waals surface area contributed by atoms with Crippen molar-refractivity contribution in [2.24, 2.45) is 0 Å². The summed E-state index contributed by atoms with van der Waals surface area (Å²) in [6.45, 7) is 7.68. The number of aromatic amines is 1. The summed E-state index contributed by atoms with van der Waals surface area (Å²) in [4.78, 5) is 12.7. The third-order valence-electron chi connectivity index (χ3n) is 6.23. The molecule has 0 spiro atoms. The first-order valence-corrected chi connectivity index (χ1v) is 12.3. The quantitative estimate of drug-likeness (QED) is 0.249. The number of hydrogen-bond acceptors (Lipinski definition) is 7. The van der Waals surface area contributed by atoms with Gasteiger partial charge in [0.25, 0.3) is 0 Å². The molecule has 1 saturated carbocycles. The Balaban J connectivity index is 1.51. The zero-order valence-electron chi connectivity index (χ0n) is 20.6. The van der Waals surface area contributed by atoms with Crippen molar-refractivity contribution in [1.82, 2.24) is 30.0 Å².